The summed E-state index contributed by atoms with van der Waals surface area (Å²) in [6, 6.07) is 5.12. The molecule has 2 rings (SSSR count). The van der Waals surface area contributed by atoms with Crippen molar-refractivity contribution in [3.05, 3.63) is 43.0 Å². The van der Waals surface area contributed by atoms with Gasteiger partial charge in [-0.2, -0.15) is 0 Å². The monoisotopic (exact) mass is 230 g/mol. The van der Waals surface area contributed by atoms with Gasteiger partial charge in [-0.15, -0.1) is 0 Å². The molecule has 2 heterocycles. The zero-order valence-corrected chi connectivity index (χ0v) is 8.91. The molecule has 0 aromatic carbocycles. The molecule has 2 aromatic rings. The summed E-state index contributed by atoms with van der Waals surface area (Å²) in [5, 5.41) is 2.51. The highest BCUT2D eigenvalue weighted by atomic mass is 16.5. The van der Waals surface area contributed by atoms with Gasteiger partial charge in [0.05, 0.1) is 6.20 Å². The summed E-state index contributed by atoms with van der Waals surface area (Å²) in [7, 11) is 0. The standard InChI is InChI=1S/C11H10N4O2/c16-10(15-11-13-5-2-6-14-11)8-17-9-3-1-4-12-7-9/h1-7H,8H2,(H,13,14,15,16). The topological polar surface area (TPSA) is 77.0 Å². The Hall–Kier alpha value is -2.50. The molecule has 1 N–H and O–H groups in total. The van der Waals surface area contributed by atoms with E-state index >= 15 is 0 Å². The molecule has 6 nitrogen and oxygen atoms in total. The predicted molar refractivity (Wildman–Crippen MR) is 60.4 cm³/mol. The largest absolute Gasteiger partial charge is 0.482 e. The van der Waals surface area contributed by atoms with Crippen molar-refractivity contribution in [3.63, 3.8) is 0 Å². The zero-order valence-electron chi connectivity index (χ0n) is 8.91. The second-order valence-corrected chi connectivity index (χ2v) is 3.10. The van der Waals surface area contributed by atoms with Crippen LogP contribution in [0.4, 0.5) is 5.95 Å². The van der Waals surface area contributed by atoms with Crippen LogP contribution in [0, 0.1) is 0 Å². The molecule has 86 valence electrons. The molecule has 0 aliphatic carbocycles. The van der Waals surface area contributed by atoms with Gasteiger partial charge < -0.3 is 4.74 Å². The van der Waals surface area contributed by atoms with Crippen LogP contribution >= 0.6 is 0 Å². The minimum absolute atomic E-state index is 0.107. The fourth-order valence-electron chi connectivity index (χ4n) is 1.11. The summed E-state index contributed by atoms with van der Waals surface area (Å²) < 4.78 is 5.21. The molecule has 6 heteroatoms. The highest BCUT2D eigenvalue weighted by Crippen LogP contribution is 2.05. The number of ether oxygens (including phenoxy) is 1. The molecular weight excluding hydrogens is 220 g/mol. The second-order valence-electron chi connectivity index (χ2n) is 3.10. The lowest BCUT2D eigenvalue weighted by atomic mass is 10.5. The number of nitrogens with one attached hydrogen (secondary N) is 1. The fourth-order valence-corrected chi connectivity index (χ4v) is 1.11. The van der Waals surface area contributed by atoms with E-state index in [-0.39, 0.29) is 18.5 Å². The summed E-state index contributed by atoms with van der Waals surface area (Å²) in [6.45, 7) is -0.107. The molecule has 17 heavy (non-hydrogen) atoms. The SMILES string of the molecule is O=C(COc1cccnc1)Nc1ncccn1. The minimum atomic E-state index is -0.319. The summed E-state index contributed by atoms with van der Waals surface area (Å²) in [4.78, 5) is 23.0. The maximum Gasteiger partial charge on any atom is 0.264 e. The third kappa shape index (κ3) is 3.53. The van der Waals surface area contributed by atoms with Crippen LogP contribution in [0.1, 0.15) is 0 Å². The van der Waals surface area contributed by atoms with Gasteiger partial charge in [-0.1, -0.05) is 0 Å². The van der Waals surface area contributed by atoms with Gasteiger partial charge in [0.1, 0.15) is 5.75 Å². The Balaban J connectivity index is 1.83. The lowest BCUT2D eigenvalue weighted by Crippen LogP contribution is -2.21. The van der Waals surface area contributed by atoms with E-state index in [0.717, 1.165) is 0 Å². The molecular formula is C11H10N4O2. The number of anilines is 1. The average Bonchev–Trinajstić information content (AvgIpc) is 2.39. The summed E-state index contributed by atoms with van der Waals surface area (Å²) in [6.07, 6.45) is 6.26. The van der Waals surface area contributed by atoms with E-state index in [2.05, 4.69) is 20.3 Å². The molecule has 0 saturated carbocycles. The summed E-state index contributed by atoms with van der Waals surface area (Å²) >= 11 is 0. The number of amides is 1. The quantitative estimate of drug-likeness (QED) is 0.844. The van der Waals surface area contributed by atoms with Crippen LogP contribution in [0.3, 0.4) is 0 Å². The van der Waals surface area contributed by atoms with Crippen LogP contribution in [0.5, 0.6) is 5.75 Å². The van der Waals surface area contributed by atoms with Crippen molar-refractivity contribution in [3.8, 4) is 5.75 Å². The molecule has 0 atom stereocenters. The normalized spacial score (nSPS) is 9.65. The van der Waals surface area contributed by atoms with Crippen molar-refractivity contribution >= 4 is 11.9 Å². The van der Waals surface area contributed by atoms with Gasteiger partial charge >= 0.3 is 0 Å². The van der Waals surface area contributed by atoms with Crippen molar-refractivity contribution in [2.45, 2.75) is 0 Å². The first kappa shape index (κ1) is 11.0. The number of nitrogens with zero attached hydrogens (tertiary/aromatic N) is 3. The van der Waals surface area contributed by atoms with Gasteiger partial charge in [-0.25, -0.2) is 9.97 Å². The van der Waals surface area contributed by atoms with E-state index in [1.54, 1.807) is 36.8 Å². The number of hydrogen-bond donors (Lipinski definition) is 1. The van der Waals surface area contributed by atoms with Crippen LogP contribution in [-0.4, -0.2) is 27.5 Å². The predicted octanol–water partition coefficient (Wildman–Crippen LogP) is 0.889. The van der Waals surface area contributed by atoms with Crippen LogP contribution in [0.15, 0.2) is 43.0 Å². The van der Waals surface area contributed by atoms with E-state index in [1.807, 2.05) is 0 Å². The first-order chi connectivity index (χ1) is 8.34. The smallest absolute Gasteiger partial charge is 0.264 e. The van der Waals surface area contributed by atoms with Gasteiger partial charge in [0, 0.05) is 18.6 Å². The number of aromatic nitrogens is 3. The van der Waals surface area contributed by atoms with Crippen molar-refractivity contribution in [2.75, 3.05) is 11.9 Å². The van der Waals surface area contributed by atoms with Crippen LogP contribution in [0.2, 0.25) is 0 Å². The first-order valence-electron chi connectivity index (χ1n) is 4.94. The number of carbonyl (C=O) groups excluding carboxylic acids is 1. The lowest BCUT2D eigenvalue weighted by molar-refractivity contribution is -0.118. The number of carbonyl (C=O) groups is 1. The Morgan fingerprint density at radius 1 is 1.24 bits per heavy atom. The molecule has 0 unspecified atom stereocenters. The zero-order chi connectivity index (χ0) is 11.9. The Kier molecular flexibility index (Phi) is 3.59. The molecule has 0 aliphatic rings. The maximum atomic E-state index is 11.4. The Labute approximate surface area is 97.7 Å². The summed E-state index contributed by atoms with van der Waals surface area (Å²) in [5.41, 5.74) is 0. The number of hydrogen-bond acceptors (Lipinski definition) is 5. The summed E-state index contributed by atoms with van der Waals surface area (Å²) in [5.74, 6) is 0.476. The van der Waals surface area contributed by atoms with Crippen LogP contribution in [0.25, 0.3) is 0 Å². The van der Waals surface area contributed by atoms with E-state index in [1.165, 1.54) is 6.20 Å². The minimum Gasteiger partial charge on any atom is -0.482 e. The third-order valence-electron chi connectivity index (χ3n) is 1.82. The van der Waals surface area contributed by atoms with Gasteiger partial charge in [0.2, 0.25) is 5.95 Å². The van der Waals surface area contributed by atoms with Crippen molar-refractivity contribution in [2.24, 2.45) is 0 Å². The number of pyridine rings is 1. The molecule has 0 saturated heterocycles. The van der Waals surface area contributed by atoms with E-state index in [0.29, 0.717) is 5.75 Å². The Morgan fingerprint density at radius 3 is 2.76 bits per heavy atom. The van der Waals surface area contributed by atoms with Gasteiger partial charge in [0.25, 0.3) is 5.91 Å². The van der Waals surface area contributed by atoms with E-state index in [4.69, 9.17) is 4.74 Å². The highest BCUT2D eigenvalue weighted by molar-refractivity contribution is 5.90. The van der Waals surface area contributed by atoms with Gasteiger partial charge in [-0.05, 0) is 18.2 Å². The van der Waals surface area contributed by atoms with Gasteiger partial charge in [-0.3, -0.25) is 15.1 Å². The van der Waals surface area contributed by atoms with E-state index < -0.39 is 0 Å². The molecule has 0 fully saturated rings. The molecule has 1 amide bonds. The fraction of sp³-hybridized carbons (Fsp3) is 0.0909. The molecule has 2 aromatic heterocycles. The van der Waals surface area contributed by atoms with Crippen molar-refractivity contribution < 1.29 is 9.53 Å². The molecule has 0 bridgehead atoms. The molecule has 0 spiro atoms. The third-order valence-corrected chi connectivity index (χ3v) is 1.82. The molecule has 0 radical (unpaired) electrons. The average molecular weight is 230 g/mol. The van der Waals surface area contributed by atoms with E-state index in [9.17, 15) is 4.79 Å². The van der Waals surface area contributed by atoms with Crippen LogP contribution < -0.4 is 10.1 Å². The highest BCUT2D eigenvalue weighted by Gasteiger charge is 2.04. The lowest BCUT2D eigenvalue weighted by Gasteiger charge is -2.05. The Morgan fingerprint density at radius 2 is 2.06 bits per heavy atom. The molecule has 0 aliphatic heterocycles. The second kappa shape index (κ2) is 5.55. The van der Waals surface area contributed by atoms with Crippen molar-refractivity contribution in [1.82, 2.24) is 15.0 Å². The van der Waals surface area contributed by atoms with Crippen molar-refractivity contribution in [1.29, 1.82) is 0 Å². The maximum absolute atomic E-state index is 11.4. The van der Waals surface area contributed by atoms with Crippen LogP contribution in [-0.2, 0) is 4.79 Å². The van der Waals surface area contributed by atoms with Gasteiger partial charge in [0.15, 0.2) is 6.61 Å². The first-order valence-corrected chi connectivity index (χ1v) is 4.94. The Bertz CT molecular complexity index is 475. The number of rotatable bonds is 4.